The highest BCUT2D eigenvalue weighted by molar-refractivity contribution is 6.35. The summed E-state index contributed by atoms with van der Waals surface area (Å²) in [5, 5.41) is 1.31. The van der Waals surface area contributed by atoms with E-state index in [4.69, 9.17) is 23.2 Å². The van der Waals surface area contributed by atoms with Gasteiger partial charge in [-0.1, -0.05) is 29.3 Å². The summed E-state index contributed by atoms with van der Waals surface area (Å²) in [6.45, 7) is 1.63. The molecule has 0 aromatic heterocycles. The van der Waals surface area contributed by atoms with Crippen molar-refractivity contribution >= 4 is 29.0 Å². The average Bonchev–Trinajstić information content (AvgIpc) is 2.83. The SMILES string of the molecule is CC(=O)C1CC1c1ccc(Cl)cc1Cl. The monoisotopic (exact) mass is 228 g/mol. The van der Waals surface area contributed by atoms with Gasteiger partial charge in [0.05, 0.1) is 0 Å². The number of carbonyl (C=O) groups is 1. The smallest absolute Gasteiger partial charge is 0.133 e. The molecule has 0 heterocycles. The van der Waals surface area contributed by atoms with Crippen LogP contribution in [0.5, 0.6) is 0 Å². The molecule has 0 saturated heterocycles. The van der Waals surface area contributed by atoms with Crippen LogP contribution < -0.4 is 0 Å². The molecule has 1 aliphatic carbocycles. The maximum absolute atomic E-state index is 11.1. The molecular weight excluding hydrogens is 219 g/mol. The lowest BCUT2D eigenvalue weighted by Gasteiger charge is -2.02. The second-order valence-electron chi connectivity index (χ2n) is 3.73. The zero-order valence-electron chi connectivity index (χ0n) is 7.76. The summed E-state index contributed by atoms with van der Waals surface area (Å²) in [7, 11) is 0. The Hall–Kier alpha value is -0.530. The van der Waals surface area contributed by atoms with Crippen molar-refractivity contribution in [1.29, 1.82) is 0 Å². The summed E-state index contributed by atoms with van der Waals surface area (Å²) >= 11 is 11.8. The molecule has 0 aliphatic heterocycles. The first-order valence-corrected chi connectivity index (χ1v) is 5.30. The lowest BCUT2D eigenvalue weighted by Crippen LogP contribution is -1.95. The fourth-order valence-electron chi connectivity index (χ4n) is 1.79. The molecule has 1 fully saturated rings. The molecule has 1 aromatic carbocycles. The third kappa shape index (κ3) is 1.79. The van der Waals surface area contributed by atoms with E-state index in [1.165, 1.54) is 0 Å². The first kappa shape index (κ1) is 10.0. The highest BCUT2D eigenvalue weighted by Gasteiger charge is 2.42. The van der Waals surface area contributed by atoms with Crippen molar-refractivity contribution in [2.24, 2.45) is 5.92 Å². The van der Waals surface area contributed by atoms with Crippen LogP contribution in [0.25, 0.3) is 0 Å². The highest BCUT2D eigenvalue weighted by Crippen LogP contribution is 2.50. The number of ketones is 1. The Kier molecular flexibility index (Phi) is 2.54. The van der Waals surface area contributed by atoms with E-state index < -0.39 is 0 Å². The average molecular weight is 229 g/mol. The van der Waals surface area contributed by atoms with Gasteiger partial charge in [-0.3, -0.25) is 4.79 Å². The van der Waals surface area contributed by atoms with Crippen LogP contribution in [-0.2, 0) is 4.79 Å². The van der Waals surface area contributed by atoms with Crippen LogP contribution >= 0.6 is 23.2 Å². The normalized spacial score (nSPS) is 24.8. The lowest BCUT2D eigenvalue weighted by molar-refractivity contribution is -0.118. The molecule has 0 N–H and O–H groups in total. The van der Waals surface area contributed by atoms with Gasteiger partial charge in [0.1, 0.15) is 5.78 Å². The van der Waals surface area contributed by atoms with E-state index in [1.807, 2.05) is 12.1 Å². The Labute approximate surface area is 93.0 Å². The highest BCUT2D eigenvalue weighted by atomic mass is 35.5. The molecule has 2 rings (SSSR count). The lowest BCUT2D eigenvalue weighted by atomic mass is 10.1. The molecule has 1 nitrogen and oxygen atoms in total. The van der Waals surface area contributed by atoms with E-state index in [0.29, 0.717) is 16.0 Å². The summed E-state index contributed by atoms with van der Waals surface area (Å²) < 4.78 is 0. The molecule has 0 amide bonds. The van der Waals surface area contributed by atoms with E-state index in [2.05, 4.69) is 0 Å². The molecule has 2 unspecified atom stereocenters. The van der Waals surface area contributed by atoms with Gasteiger partial charge in [0, 0.05) is 16.0 Å². The molecule has 1 aliphatic rings. The number of benzene rings is 1. The number of halogens is 2. The molecule has 0 spiro atoms. The van der Waals surface area contributed by atoms with Crippen molar-refractivity contribution in [3.8, 4) is 0 Å². The summed E-state index contributed by atoms with van der Waals surface area (Å²) in [4.78, 5) is 11.1. The molecule has 0 radical (unpaired) electrons. The topological polar surface area (TPSA) is 17.1 Å². The van der Waals surface area contributed by atoms with Crippen molar-refractivity contribution in [2.75, 3.05) is 0 Å². The Balaban J connectivity index is 2.23. The Bertz CT molecular complexity index is 387. The van der Waals surface area contributed by atoms with Gasteiger partial charge < -0.3 is 0 Å². The van der Waals surface area contributed by atoms with Crippen LogP contribution in [0, 0.1) is 5.92 Å². The van der Waals surface area contributed by atoms with Crippen molar-refractivity contribution in [3.63, 3.8) is 0 Å². The van der Waals surface area contributed by atoms with Gasteiger partial charge in [-0.05, 0) is 37.0 Å². The Morgan fingerprint density at radius 2 is 2.14 bits per heavy atom. The van der Waals surface area contributed by atoms with E-state index in [1.54, 1.807) is 13.0 Å². The third-order valence-electron chi connectivity index (χ3n) is 2.67. The quantitative estimate of drug-likeness (QED) is 0.755. The first-order chi connectivity index (χ1) is 6.59. The maximum Gasteiger partial charge on any atom is 0.133 e. The number of hydrogen-bond acceptors (Lipinski definition) is 1. The Morgan fingerprint density at radius 3 is 2.64 bits per heavy atom. The standard InChI is InChI=1S/C11H10Cl2O/c1-6(14)9-5-10(9)8-3-2-7(12)4-11(8)13/h2-4,9-10H,5H2,1H3. The van der Waals surface area contributed by atoms with Gasteiger partial charge in [0.2, 0.25) is 0 Å². The maximum atomic E-state index is 11.1. The van der Waals surface area contributed by atoms with Crippen molar-refractivity contribution in [2.45, 2.75) is 19.3 Å². The number of rotatable bonds is 2. The van der Waals surface area contributed by atoms with Gasteiger partial charge >= 0.3 is 0 Å². The molecule has 0 bridgehead atoms. The van der Waals surface area contributed by atoms with Crippen LogP contribution in [0.1, 0.15) is 24.8 Å². The second-order valence-corrected chi connectivity index (χ2v) is 4.57. The van der Waals surface area contributed by atoms with E-state index >= 15 is 0 Å². The van der Waals surface area contributed by atoms with Gasteiger partial charge in [0.15, 0.2) is 0 Å². The second kappa shape index (κ2) is 3.56. The summed E-state index contributed by atoms with van der Waals surface area (Å²) in [6.07, 6.45) is 0.927. The van der Waals surface area contributed by atoms with Gasteiger partial charge in [-0.25, -0.2) is 0 Å². The van der Waals surface area contributed by atoms with Crippen molar-refractivity contribution < 1.29 is 4.79 Å². The first-order valence-electron chi connectivity index (χ1n) is 4.55. The molecule has 1 aromatic rings. The molecule has 1 saturated carbocycles. The van der Waals surface area contributed by atoms with Crippen molar-refractivity contribution in [1.82, 2.24) is 0 Å². The van der Waals surface area contributed by atoms with Gasteiger partial charge in [0.25, 0.3) is 0 Å². The largest absolute Gasteiger partial charge is 0.300 e. The fourth-order valence-corrected chi connectivity index (χ4v) is 2.34. The van der Waals surface area contributed by atoms with Crippen LogP contribution in [0.4, 0.5) is 0 Å². The molecule has 74 valence electrons. The summed E-state index contributed by atoms with van der Waals surface area (Å²) in [6, 6.07) is 5.46. The number of hydrogen-bond donors (Lipinski definition) is 0. The van der Waals surface area contributed by atoms with Gasteiger partial charge in [-0.15, -0.1) is 0 Å². The molecule has 3 heteroatoms. The van der Waals surface area contributed by atoms with E-state index in [9.17, 15) is 4.79 Å². The zero-order valence-corrected chi connectivity index (χ0v) is 9.27. The zero-order chi connectivity index (χ0) is 10.3. The number of carbonyl (C=O) groups excluding carboxylic acids is 1. The minimum absolute atomic E-state index is 0.175. The van der Waals surface area contributed by atoms with Crippen LogP contribution in [0.2, 0.25) is 10.0 Å². The summed E-state index contributed by atoms with van der Waals surface area (Å²) in [5.74, 6) is 0.743. The minimum Gasteiger partial charge on any atom is -0.300 e. The van der Waals surface area contributed by atoms with Gasteiger partial charge in [-0.2, -0.15) is 0 Å². The molecule has 14 heavy (non-hydrogen) atoms. The third-order valence-corrected chi connectivity index (χ3v) is 3.24. The molecule has 2 atom stereocenters. The molecular formula is C11H10Cl2O. The van der Waals surface area contributed by atoms with Crippen LogP contribution in [0.15, 0.2) is 18.2 Å². The number of Topliss-reactive ketones (excluding diaryl/α,β-unsaturated/α-hetero) is 1. The van der Waals surface area contributed by atoms with E-state index in [0.717, 1.165) is 12.0 Å². The predicted molar refractivity (Wildman–Crippen MR) is 58.0 cm³/mol. The van der Waals surface area contributed by atoms with Crippen LogP contribution in [0.3, 0.4) is 0 Å². The predicted octanol–water partition coefficient (Wildman–Crippen LogP) is 3.69. The van der Waals surface area contributed by atoms with Crippen molar-refractivity contribution in [3.05, 3.63) is 33.8 Å². The van der Waals surface area contributed by atoms with Crippen LogP contribution in [-0.4, -0.2) is 5.78 Å². The fraction of sp³-hybridized carbons (Fsp3) is 0.364. The minimum atomic E-state index is 0.175. The Morgan fingerprint density at radius 1 is 1.43 bits per heavy atom. The van der Waals surface area contributed by atoms with E-state index in [-0.39, 0.29) is 11.7 Å². The summed E-state index contributed by atoms with van der Waals surface area (Å²) in [5.41, 5.74) is 1.05.